The van der Waals surface area contributed by atoms with Gasteiger partial charge < -0.3 is 0 Å². The second-order valence-corrected chi connectivity index (χ2v) is 2.03. The van der Waals surface area contributed by atoms with Crippen LogP contribution in [0.1, 0.15) is 5.76 Å². The zero-order chi connectivity index (χ0) is 5.98. The van der Waals surface area contributed by atoms with Crippen LogP contribution in [0.15, 0.2) is 22.8 Å². The Morgan fingerprint density at radius 2 is 2.50 bits per heavy atom. The van der Waals surface area contributed by atoms with Gasteiger partial charge in [0.2, 0.25) is 0 Å². The van der Waals surface area contributed by atoms with E-state index >= 15 is 0 Å². The van der Waals surface area contributed by atoms with Gasteiger partial charge in [0.25, 0.3) is 0 Å². The van der Waals surface area contributed by atoms with Crippen molar-refractivity contribution >= 4 is 4.50 Å². The molecule has 1 rings (SSSR count). The third-order valence-electron chi connectivity index (χ3n) is 0.764. The van der Waals surface area contributed by atoms with Crippen LogP contribution in [0.5, 0.6) is 0 Å². The van der Waals surface area contributed by atoms with Gasteiger partial charge >= 0.3 is 54.7 Å². The summed E-state index contributed by atoms with van der Waals surface area (Å²) in [5.41, 5.74) is 5.33. The van der Waals surface area contributed by atoms with Crippen LogP contribution in [0.25, 0.3) is 0 Å². The molecule has 1 aromatic heterocycles. The van der Waals surface area contributed by atoms with E-state index in [1.165, 1.54) is 0 Å². The molecule has 0 unspecified atom stereocenters. The van der Waals surface area contributed by atoms with Crippen LogP contribution in [0.3, 0.4) is 0 Å². The fourth-order valence-corrected chi connectivity index (χ4v) is 0.600. The van der Waals surface area contributed by atoms with E-state index in [1.54, 1.807) is 18.4 Å². The van der Waals surface area contributed by atoms with Crippen molar-refractivity contribution in [1.82, 2.24) is 0 Å². The molecule has 0 aliphatic carbocycles. The quantitative estimate of drug-likeness (QED) is 0.619. The molecule has 1 aromatic rings. The molecule has 0 saturated heterocycles. The van der Waals surface area contributed by atoms with Crippen molar-refractivity contribution in [3.63, 3.8) is 0 Å². The summed E-state index contributed by atoms with van der Waals surface area (Å²) < 4.78 is 5.49. The Labute approximate surface area is 55.3 Å². The van der Waals surface area contributed by atoms with Crippen LogP contribution in [0.4, 0.5) is 0 Å². The van der Waals surface area contributed by atoms with Crippen molar-refractivity contribution in [2.24, 2.45) is 5.73 Å². The molecule has 1 heterocycles. The molecule has 0 atom stereocenters. The molecule has 0 radical (unpaired) electrons. The first-order valence-corrected chi connectivity index (χ1v) is 2.78. The first-order valence-electron chi connectivity index (χ1n) is 2.14. The monoisotopic (exact) mass is 147 g/mol. The van der Waals surface area contributed by atoms with Gasteiger partial charge in [-0.25, -0.2) is 0 Å². The number of rotatable bonds is 1. The van der Waals surface area contributed by atoms with E-state index in [9.17, 15) is 0 Å². The maximum atomic E-state index is 5.33. The Hall–Kier alpha value is -0.358. The van der Waals surface area contributed by atoms with Crippen molar-refractivity contribution in [3.8, 4) is 0 Å². The Kier molecular flexibility index (Phi) is 1.64. The SMILES string of the molecule is N[C](=[Cr])c1ccco1. The van der Waals surface area contributed by atoms with E-state index in [-0.39, 0.29) is 0 Å². The normalized spacial score (nSPS) is 9.12. The van der Waals surface area contributed by atoms with Gasteiger partial charge in [-0.2, -0.15) is 0 Å². The summed E-state index contributed by atoms with van der Waals surface area (Å²) in [4.78, 5) is 0. The summed E-state index contributed by atoms with van der Waals surface area (Å²) in [5, 5.41) is 0. The Bertz CT molecular complexity index is 180. The molecule has 0 fully saturated rings. The van der Waals surface area contributed by atoms with Crippen LogP contribution in [0.2, 0.25) is 0 Å². The Morgan fingerprint density at radius 3 is 2.75 bits per heavy atom. The fourth-order valence-electron chi connectivity index (χ4n) is 0.419. The summed E-state index contributed by atoms with van der Waals surface area (Å²) in [7, 11) is 0. The second-order valence-electron chi connectivity index (χ2n) is 1.34. The van der Waals surface area contributed by atoms with Crippen molar-refractivity contribution in [3.05, 3.63) is 24.2 Å². The predicted octanol–water partition coefficient (Wildman–Crippen LogP) is 0.263. The van der Waals surface area contributed by atoms with Crippen LogP contribution >= 0.6 is 0 Å². The summed E-state index contributed by atoms with van der Waals surface area (Å²) >= 11 is 2.64. The van der Waals surface area contributed by atoms with Crippen molar-refractivity contribution < 1.29 is 20.3 Å². The van der Waals surface area contributed by atoms with Gasteiger partial charge in [0.15, 0.2) is 0 Å². The summed E-state index contributed by atoms with van der Waals surface area (Å²) in [6.45, 7) is 0. The topological polar surface area (TPSA) is 39.2 Å². The molecule has 8 heavy (non-hydrogen) atoms. The molecular formula is C5H5CrNO. The van der Waals surface area contributed by atoms with Gasteiger partial charge in [-0.3, -0.25) is 0 Å². The molecule has 2 nitrogen and oxygen atoms in total. The van der Waals surface area contributed by atoms with Crippen molar-refractivity contribution in [2.75, 3.05) is 0 Å². The van der Waals surface area contributed by atoms with E-state index in [2.05, 4.69) is 15.9 Å². The van der Waals surface area contributed by atoms with Gasteiger partial charge in [0.1, 0.15) is 0 Å². The van der Waals surface area contributed by atoms with E-state index in [0.717, 1.165) is 0 Å². The van der Waals surface area contributed by atoms with E-state index in [1.807, 2.05) is 0 Å². The number of furan rings is 1. The number of hydrogen-bond acceptors (Lipinski definition) is 2. The van der Waals surface area contributed by atoms with Crippen LogP contribution in [-0.4, -0.2) is 4.50 Å². The van der Waals surface area contributed by atoms with Gasteiger partial charge in [-0.05, 0) is 0 Å². The van der Waals surface area contributed by atoms with Gasteiger partial charge in [-0.1, -0.05) is 0 Å². The summed E-state index contributed by atoms with van der Waals surface area (Å²) in [6, 6.07) is 3.59. The zero-order valence-electron chi connectivity index (χ0n) is 4.13. The van der Waals surface area contributed by atoms with E-state index in [4.69, 9.17) is 10.2 Å². The molecule has 3 heteroatoms. The molecule has 0 amide bonds. The predicted molar refractivity (Wildman–Crippen MR) is 27.0 cm³/mol. The summed E-state index contributed by atoms with van der Waals surface area (Å²) in [6.07, 6.45) is 1.58. The molecule has 42 valence electrons. The molecular weight excluding hydrogens is 142 g/mol. The van der Waals surface area contributed by atoms with Crippen LogP contribution in [0, 0.1) is 0 Å². The van der Waals surface area contributed by atoms with Crippen LogP contribution < -0.4 is 5.73 Å². The molecule has 0 saturated carbocycles. The fraction of sp³-hybridized carbons (Fsp3) is 0. The second kappa shape index (κ2) is 2.27. The van der Waals surface area contributed by atoms with E-state index < -0.39 is 0 Å². The van der Waals surface area contributed by atoms with Crippen molar-refractivity contribution in [1.29, 1.82) is 0 Å². The number of hydrogen-bond donors (Lipinski definition) is 1. The average Bonchev–Trinajstić information content (AvgIpc) is 2.12. The average molecular weight is 147 g/mol. The molecule has 2 N–H and O–H groups in total. The Morgan fingerprint density at radius 1 is 1.75 bits per heavy atom. The molecule has 0 aliphatic heterocycles. The van der Waals surface area contributed by atoms with Crippen molar-refractivity contribution in [2.45, 2.75) is 0 Å². The third-order valence-corrected chi connectivity index (χ3v) is 1.08. The Balaban J connectivity index is 2.93. The maximum absolute atomic E-state index is 5.33. The van der Waals surface area contributed by atoms with Gasteiger partial charge in [0, 0.05) is 0 Å². The summed E-state index contributed by atoms with van der Waals surface area (Å²) in [5.74, 6) is 0.699. The first kappa shape index (κ1) is 5.77. The standard InChI is InChI=1S/C5H5NO.Cr/c6-4-5-2-1-3-7-5;/h1-3H,6H2;. The minimum atomic E-state index is 0.593. The van der Waals surface area contributed by atoms with Gasteiger partial charge in [-0.15, -0.1) is 0 Å². The zero-order valence-corrected chi connectivity index (χ0v) is 5.40. The molecule has 0 bridgehead atoms. The van der Waals surface area contributed by atoms with Crippen LogP contribution in [-0.2, 0) is 15.9 Å². The third kappa shape index (κ3) is 1.07. The molecule has 0 aliphatic rings. The molecule has 0 aromatic carbocycles. The molecule has 0 spiro atoms. The first-order chi connectivity index (χ1) is 3.80. The van der Waals surface area contributed by atoms with E-state index in [0.29, 0.717) is 10.3 Å². The van der Waals surface area contributed by atoms with Gasteiger partial charge in [0.05, 0.1) is 0 Å². The minimum absolute atomic E-state index is 0.593. The number of nitrogens with two attached hydrogens (primary N) is 1.